The molecule has 9 nitrogen and oxygen atoms in total. The molecule has 0 radical (unpaired) electrons. The zero-order chi connectivity index (χ0) is 22.4. The van der Waals surface area contributed by atoms with Crippen molar-refractivity contribution >= 4 is 33.3 Å². The van der Waals surface area contributed by atoms with Crippen molar-refractivity contribution in [1.82, 2.24) is 14.9 Å². The summed E-state index contributed by atoms with van der Waals surface area (Å²) >= 11 is 1.39. The SMILES string of the molecule is CCCOc1ccc(NC(=O)N(CCO)CCO)cc1-c1nc2scc(C)c2c(=O)[nH]1. The van der Waals surface area contributed by atoms with Crippen molar-refractivity contribution in [2.75, 3.05) is 38.2 Å². The number of urea groups is 1. The molecule has 1 aromatic carbocycles. The molecule has 0 saturated heterocycles. The fourth-order valence-corrected chi connectivity index (χ4v) is 4.03. The Morgan fingerprint density at radius 3 is 2.71 bits per heavy atom. The number of rotatable bonds is 9. The van der Waals surface area contributed by atoms with Gasteiger partial charge in [-0.3, -0.25) is 4.79 Å². The number of hydrogen-bond donors (Lipinski definition) is 4. The van der Waals surface area contributed by atoms with E-state index in [1.807, 2.05) is 19.2 Å². The summed E-state index contributed by atoms with van der Waals surface area (Å²) in [5, 5.41) is 23.5. The first-order valence-electron chi connectivity index (χ1n) is 10.0. The van der Waals surface area contributed by atoms with Gasteiger partial charge >= 0.3 is 6.03 Å². The molecule has 0 saturated carbocycles. The standard InChI is InChI=1S/C21H26N4O5S/c1-3-10-30-16-5-4-14(22-21(29)25(6-8-26)7-9-27)11-15(16)18-23-19(28)17-13(2)12-31-20(17)24-18/h4-5,11-12,26-27H,3,6-10H2,1-2H3,(H,22,29)(H,23,24,28). The number of H-pyrrole nitrogens is 1. The monoisotopic (exact) mass is 446 g/mol. The molecule has 2 aromatic heterocycles. The van der Waals surface area contributed by atoms with Crippen molar-refractivity contribution in [3.63, 3.8) is 0 Å². The molecule has 3 aromatic rings. The third kappa shape index (κ3) is 5.22. The summed E-state index contributed by atoms with van der Waals surface area (Å²) in [5.41, 5.74) is 1.66. The van der Waals surface area contributed by atoms with E-state index in [1.165, 1.54) is 16.2 Å². The molecule has 0 spiro atoms. The Hall–Kier alpha value is -2.95. The molecule has 4 N–H and O–H groups in total. The summed E-state index contributed by atoms with van der Waals surface area (Å²) in [6.45, 7) is 4.11. The second kappa shape index (κ2) is 10.4. The molecule has 2 amide bonds. The Morgan fingerprint density at radius 2 is 2.03 bits per heavy atom. The molecule has 0 bridgehead atoms. The Bertz CT molecular complexity index is 1100. The number of aliphatic hydroxyl groups is 2. The fourth-order valence-electron chi connectivity index (χ4n) is 3.11. The molecule has 166 valence electrons. The molecule has 3 rings (SSSR count). The molecule has 10 heteroatoms. The number of fused-ring (bicyclic) bond motifs is 1. The van der Waals surface area contributed by atoms with Crippen LogP contribution in [0.1, 0.15) is 18.9 Å². The molecule has 0 fully saturated rings. The van der Waals surface area contributed by atoms with E-state index in [-0.39, 0.29) is 31.9 Å². The Labute approximate surface area is 183 Å². The van der Waals surface area contributed by atoms with Crippen molar-refractivity contribution in [2.24, 2.45) is 0 Å². The van der Waals surface area contributed by atoms with E-state index in [0.29, 0.717) is 39.6 Å². The van der Waals surface area contributed by atoms with Crippen LogP contribution in [0.25, 0.3) is 21.6 Å². The predicted molar refractivity (Wildman–Crippen MR) is 121 cm³/mol. The van der Waals surface area contributed by atoms with Gasteiger partial charge < -0.3 is 30.2 Å². The number of nitrogens with zero attached hydrogens (tertiary/aromatic N) is 2. The third-order valence-electron chi connectivity index (χ3n) is 4.60. The first kappa shape index (κ1) is 22.7. The largest absolute Gasteiger partial charge is 0.493 e. The summed E-state index contributed by atoms with van der Waals surface area (Å²) in [5.74, 6) is 0.891. The lowest BCUT2D eigenvalue weighted by atomic mass is 10.1. The second-order valence-corrected chi connectivity index (χ2v) is 7.80. The lowest BCUT2D eigenvalue weighted by molar-refractivity contribution is 0.167. The van der Waals surface area contributed by atoms with Crippen LogP contribution in [0.4, 0.5) is 10.5 Å². The Morgan fingerprint density at radius 1 is 1.29 bits per heavy atom. The smallest absolute Gasteiger partial charge is 0.321 e. The van der Waals surface area contributed by atoms with Crippen LogP contribution in [-0.2, 0) is 0 Å². The minimum absolute atomic E-state index is 0.0974. The van der Waals surface area contributed by atoms with Crippen LogP contribution < -0.4 is 15.6 Å². The third-order valence-corrected chi connectivity index (χ3v) is 5.59. The highest BCUT2D eigenvalue weighted by Crippen LogP contribution is 2.32. The Kier molecular flexibility index (Phi) is 7.61. The highest BCUT2D eigenvalue weighted by Gasteiger charge is 2.17. The number of benzene rings is 1. The molecule has 0 unspecified atom stereocenters. The number of aliphatic hydroxyl groups excluding tert-OH is 2. The van der Waals surface area contributed by atoms with E-state index in [2.05, 4.69) is 15.3 Å². The van der Waals surface area contributed by atoms with Gasteiger partial charge in [0.2, 0.25) is 0 Å². The fraction of sp³-hybridized carbons (Fsp3) is 0.381. The Balaban J connectivity index is 1.99. The number of anilines is 1. The molecule has 0 atom stereocenters. The van der Waals surface area contributed by atoms with Crippen molar-refractivity contribution in [1.29, 1.82) is 0 Å². The average molecular weight is 447 g/mol. The number of aromatic amines is 1. The van der Waals surface area contributed by atoms with Crippen LogP contribution in [-0.4, -0.2) is 64.0 Å². The normalized spacial score (nSPS) is 11.0. The highest BCUT2D eigenvalue weighted by atomic mass is 32.1. The van der Waals surface area contributed by atoms with Gasteiger partial charge in [0.05, 0.1) is 30.8 Å². The first-order chi connectivity index (χ1) is 15.0. The number of ether oxygens (including phenoxy) is 1. The number of amides is 2. The maximum absolute atomic E-state index is 12.6. The summed E-state index contributed by atoms with van der Waals surface area (Å²) in [4.78, 5) is 34.5. The number of carbonyl (C=O) groups is 1. The van der Waals surface area contributed by atoms with Gasteiger partial charge in [0, 0.05) is 18.8 Å². The van der Waals surface area contributed by atoms with E-state index in [4.69, 9.17) is 14.9 Å². The van der Waals surface area contributed by atoms with Gasteiger partial charge in [0.15, 0.2) is 0 Å². The number of thiophene rings is 1. The van der Waals surface area contributed by atoms with Gasteiger partial charge in [-0.1, -0.05) is 6.92 Å². The lowest BCUT2D eigenvalue weighted by Gasteiger charge is -2.21. The minimum Gasteiger partial charge on any atom is -0.493 e. The van der Waals surface area contributed by atoms with Crippen LogP contribution in [0, 0.1) is 6.92 Å². The van der Waals surface area contributed by atoms with Gasteiger partial charge in [0.1, 0.15) is 16.4 Å². The van der Waals surface area contributed by atoms with E-state index < -0.39 is 6.03 Å². The van der Waals surface area contributed by atoms with Crippen molar-refractivity contribution in [3.05, 3.63) is 39.5 Å². The van der Waals surface area contributed by atoms with Gasteiger partial charge in [-0.2, -0.15) is 0 Å². The lowest BCUT2D eigenvalue weighted by Crippen LogP contribution is -2.38. The van der Waals surface area contributed by atoms with Gasteiger partial charge in [-0.15, -0.1) is 11.3 Å². The molecule has 0 aliphatic heterocycles. The average Bonchev–Trinajstić information content (AvgIpc) is 3.13. The van der Waals surface area contributed by atoms with Crippen LogP contribution >= 0.6 is 11.3 Å². The van der Waals surface area contributed by atoms with Crippen molar-refractivity contribution in [2.45, 2.75) is 20.3 Å². The number of carbonyl (C=O) groups excluding carboxylic acids is 1. The number of aryl methyl sites for hydroxylation is 1. The molecule has 2 heterocycles. The minimum atomic E-state index is -0.456. The van der Waals surface area contributed by atoms with Crippen LogP contribution in [0.15, 0.2) is 28.4 Å². The van der Waals surface area contributed by atoms with Gasteiger partial charge in [-0.25, -0.2) is 9.78 Å². The summed E-state index contributed by atoms with van der Waals surface area (Å²) < 4.78 is 5.83. The number of hydrogen-bond acceptors (Lipinski definition) is 7. The molecular formula is C21H26N4O5S. The zero-order valence-corrected chi connectivity index (χ0v) is 18.3. The van der Waals surface area contributed by atoms with E-state index in [1.54, 1.807) is 18.2 Å². The molecule has 0 aliphatic rings. The van der Waals surface area contributed by atoms with Gasteiger partial charge in [0.25, 0.3) is 5.56 Å². The van der Waals surface area contributed by atoms with Crippen LogP contribution in [0.2, 0.25) is 0 Å². The van der Waals surface area contributed by atoms with E-state index >= 15 is 0 Å². The topological polar surface area (TPSA) is 128 Å². The summed E-state index contributed by atoms with van der Waals surface area (Å²) in [6.07, 6.45) is 0.808. The molecule has 0 aliphatic carbocycles. The summed E-state index contributed by atoms with van der Waals surface area (Å²) in [7, 11) is 0. The van der Waals surface area contributed by atoms with Crippen molar-refractivity contribution in [3.8, 4) is 17.1 Å². The summed E-state index contributed by atoms with van der Waals surface area (Å²) in [6, 6.07) is 4.63. The molecular weight excluding hydrogens is 420 g/mol. The van der Waals surface area contributed by atoms with Crippen molar-refractivity contribution < 1.29 is 19.7 Å². The predicted octanol–water partition coefficient (Wildman–Crippen LogP) is 2.57. The highest BCUT2D eigenvalue weighted by molar-refractivity contribution is 7.16. The van der Waals surface area contributed by atoms with Crippen LogP contribution in [0.5, 0.6) is 5.75 Å². The zero-order valence-electron chi connectivity index (χ0n) is 17.5. The number of aromatic nitrogens is 2. The van der Waals surface area contributed by atoms with E-state index in [0.717, 1.165) is 12.0 Å². The molecule has 31 heavy (non-hydrogen) atoms. The van der Waals surface area contributed by atoms with Gasteiger partial charge in [-0.05, 0) is 42.5 Å². The second-order valence-electron chi connectivity index (χ2n) is 6.94. The van der Waals surface area contributed by atoms with E-state index in [9.17, 15) is 9.59 Å². The first-order valence-corrected chi connectivity index (χ1v) is 10.9. The maximum atomic E-state index is 12.6. The number of nitrogens with one attached hydrogen (secondary N) is 2. The van der Waals surface area contributed by atoms with Crippen LogP contribution in [0.3, 0.4) is 0 Å². The maximum Gasteiger partial charge on any atom is 0.321 e. The quantitative estimate of drug-likeness (QED) is 0.400.